The predicted molar refractivity (Wildman–Crippen MR) is 151 cm³/mol. The average molecular weight is 633 g/mol. The van der Waals surface area contributed by atoms with Crippen LogP contribution in [0.5, 0.6) is 0 Å². The van der Waals surface area contributed by atoms with Crippen LogP contribution in [0.4, 0.5) is 0 Å². The summed E-state index contributed by atoms with van der Waals surface area (Å²) in [4.78, 5) is 0. The van der Waals surface area contributed by atoms with Crippen LogP contribution in [0.15, 0.2) is 109 Å². The zero-order valence-electron chi connectivity index (χ0n) is 19.8. The molecule has 0 spiro atoms. The molecule has 0 saturated carbocycles. The average Bonchev–Trinajstić information content (AvgIpc) is 2.88. The molecule has 0 amide bonds. The molecule has 0 aliphatic carbocycles. The van der Waals surface area contributed by atoms with E-state index in [1.807, 2.05) is 0 Å². The fourth-order valence-electron chi connectivity index (χ4n) is 5.28. The van der Waals surface area contributed by atoms with Crippen molar-refractivity contribution in [3.8, 4) is 0 Å². The zero-order chi connectivity index (χ0) is 23.2. The van der Waals surface area contributed by atoms with E-state index in [0.717, 1.165) is 0 Å². The molecule has 34 heavy (non-hydrogen) atoms. The quantitative estimate of drug-likeness (QED) is 0.193. The Hall–Kier alpha value is -3.02. The number of rotatable bonds is 3. The molecule has 0 aliphatic rings. The topological polar surface area (TPSA) is 0 Å². The second-order valence-corrected chi connectivity index (χ2v) is 17.4. The molecule has 0 aliphatic heterocycles. The van der Waals surface area contributed by atoms with Gasteiger partial charge in [0.2, 0.25) is 0 Å². The van der Waals surface area contributed by atoms with Gasteiger partial charge in [0, 0.05) is 0 Å². The molecular weight excluding hydrogens is 605 g/mol. The number of aryl methyl sites for hydroxylation is 3. The first-order chi connectivity index (χ1) is 16.6. The number of benzene rings is 6. The van der Waals surface area contributed by atoms with Gasteiger partial charge in [0.1, 0.15) is 0 Å². The Balaban J connectivity index is 1.77. The zero-order valence-corrected chi connectivity index (χ0v) is 23.3. The Kier molecular flexibility index (Phi) is 5.47. The summed E-state index contributed by atoms with van der Waals surface area (Å²) in [5.41, 5.74) is 4.06. The fraction of sp³-hybridized carbons (Fsp3) is 0.0909. The van der Waals surface area contributed by atoms with Crippen molar-refractivity contribution in [2.45, 2.75) is 20.8 Å². The molecule has 0 aromatic heterocycles. The van der Waals surface area contributed by atoms with Crippen molar-refractivity contribution in [2.24, 2.45) is 0 Å². The first kappa shape index (κ1) is 21.5. The molecule has 6 rings (SSSR count). The second kappa shape index (κ2) is 8.64. The summed E-state index contributed by atoms with van der Waals surface area (Å²) in [6, 6.07) is 41.4. The summed E-state index contributed by atoms with van der Waals surface area (Å²) in [5, 5.41) is 8.42. The van der Waals surface area contributed by atoms with Gasteiger partial charge in [-0.05, 0) is 0 Å². The Morgan fingerprint density at radius 3 is 0.882 bits per heavy atom. The van der Waals surface area contributed by atoms with E-state index >= 15 is 0 Å². The molecule has 0 N–H and O–H groups in total. The van der Waals surface area contributed by atoms with Gasteiger partial charge in [0.15, 0.2) is 0 Å². The van der Waals surface area contributed by atoms with Gasteiger partial charge in [-0.15, -0.1) is 0 Å². The Morgan fingerprint density at radius 1 is 0.324 bits per heavy atom. The van der Waals surface area contributed by atoms with Crippen molar-refractivity contribution in [3.05, 3.63) is 126 Å². The van der Waals surface area contributed by atoms with Crippen LogP contribution in [-0.2, 0) is 0 Å². The van der Waals surface area contributed by atoms with Crippen LogP contribution in [0.1, 0.15) is 16.7 Å². The van der Waals surface area contributed by atoms with Crippen LogP contribution in [0, 0.1) is 20.8 Å². The molecule has 1 heteroatoms. The van der Waals surface area contributed by atoms with Crippen molar-refractivity contribution in [1.82, 2.24) is 0 Å². The van der Waals surface area contributed by atoms with Gasteiger partial charge >= 0.3 is 211 Å². The van der Waals surface area contributed by atoms with E-state index in [2.05, 4.69) is 130 Å². The van der Waals surface area contributed by atoms with Gasteiger partial charge in [-0.25, -0.2) is 0 Å². The van der Waals surface area contributed by atoms with E-state index in [4.69, 9.17) is 0 Å². The van der Waals surface area contributed by atoms with Crippen molar-refractivity contribution in [3.63, 3.8) is 0 Å². The predicted octanol–water partition coefficient (Wildman–Crippen LogP) is 6.59. The Labute approximate surface area is 209 Å². The minimum atomic E-state index is -2.73. The number of hydrogen-bond acceptors (Lipinski definition) is 0. The van der Waals surface area contributed by atoms with Crippen LogP contribution in [0.2, 0.25) is 0 Å². The van der Waals surface area contributed by atoms with Gasteiger partial charge in [-0.3, -0.25) is 0 Å². The first-order valence-corrected chi connectivity index (χ1v) is 17.1. The van der Waals surface area contributed by atoms with Crippen molar-refractivity contribution in [1.29, 1.82) is 0 Å². The molecule has 0 fully saturated rings. The van der Waals surface area contributed by atoms with Crippen LogP contribution >= 0.6 is 0 Å². The molecule has 0 atom stereocenters. The monoisotopic (exact) mass is 632 g/mol. The second-order valence-electron chi connectivity index (χ2n) is 9.18. The van der Waals surface area contributed by atoms with Gasteiger partial charge in [0.05, 0.1) is 0 Å². The van der Waals surface area contributed by atoms with Gasteiger partial charge < -0.3 is 0 Å². The van der Waals surface area contributed by atoms with E-state index in [1.54, 1.807) is 9.81 Å². The molecular formula is C33H27Bi. The van der Waals surface area contributed by atoms with Crippen LogP contribution in [0.3, 0.4) is 0 Å². The molecule has 6 aromatic rings. The summed E-state index contributed by atoms with van der Waals surface area (Å²) in [6.45, 7) is 6.70. The molecule has 0 unspecified atom stereocenters. The molecule has 0 nitrogen and oxygen atoms in total. The van der Waals surface area contributed by atoms with Gasteiger partial charge in [-0.2, -0.15) is 0 Å². The standard InChI is InChI=1S/3C11H9.Bi/c3*1-9-5-4-7-10-6-2-3-8-11(9)10;/h3*2-6,8H,1H3;. The Morgan fingerprint density at radius 2 is 0.588 bits per heavy atom. The van der Waals surface area contributed by atoms with Crippen LogP contribution in [-0.4, -0.2) is 21.8 Å². The first-order valence-electron chi connectivity index (χ1n) is 11.9. The van der Waals surface area contributed by atoms with E-state index < -0.39 is 21.8 Å². The van der Waals surface area contributed by atoms with Crippen LogP contribution < -0.4 is 9.81 Å². The number of hydrogen-bond donors (Lipinski definition) is 0. The van der Waals surface area contributed by atoms with E-state index in [-0.39, 0.29) is 0 Å². The molecule has 0 saturated heterocycles. The van der Waals surface area contributed by atoms with E-state index in [9.17, 15) is 0 Å². The van der Waals surface area contributed by atoms with Gasteiger partial charge in [-0.1, -0.05) is 0 Å². The summed E-state index contributed by atoms with van der Waals surface area (Å²) in [6.07, 6.45) is 0. The Bertz CT molecular complexity index is 1490. The van der Waals surface area contributed by atoms with Crippen molar-refractivity contribution < 1.29 is 0 Å². The maximum absolute atomic E-state index is 2.73. The summed E-state index contributed by atoms with van der Waals surface area (Å²) in [7, 11) is 0. The molecule has 0 bridgehead atoms. The molecule has 0 heterocycles. The SMILES string of the molecule is Cc1cc[c]([Bi]([c]2ccc(C)c3ccccc23)[c]2ccc(C)c3ccccc23)c2ccccc12. The van der Waals surface area contributed by atoms with Gasteiger partial charge in [0.25, 0.3) is 0 Å². The maximum atomic E-state index is 2.44. The molecule has 6 aromatic carbocycles. The third-order valence-electron chi connectivity index (χ3n) is 7.08. The molecule has 164 valence electrons. The minimum absolute atomic E-state index is 1.35. The van der Waals surface area contributed by atoms with E-state index in [1.165, 1.54) is 49.0 Å². The molecule has 0 radical (unpaired) electrons. The van der Waals surface area contributed by atoms with Crippen molar-refractivity contribution >= 4 is 63.9 Å². The third-order valence-corrected chi connectivity index (χ3v) is 17.2. The normalized spacial score (nSPS) is 11.6. The van der Waals surface area contributed by atoms with Crippen LogP contribution in [0.25, 0.3) is 32.3 Å². The summed E-state index contributed by atoms with van der Waals surface area (Å²) < 4.78 is 4.71. The van der Waals surface area contributed by atoms with Crippen molar-refractivity contribution in [2.75, 3.05) is 0 Å². The third kappa shape index (κ3) is 3.46. The fourth-order valence-corrected chi connectivity index (χ4v) is 16.0. The summed E-state index contributed by atoms with van der Waals surface area (Å²) in [5.74, 6) is 0. The van der Waals surface area contributed by atoms with E-state index in [0.29, 0.717) is 0 Å². The number of fused-ring (bicyclic) bond motifs is 3. The summed E-state index contributed by atoms with van der Waals surface area (Å²) >= 11 is -2.73.